The van der Waals surface area contributed by atoms with Gasteiger partial charge in [0.05, 0.1) is 19.8 Å². The van der Waals surface area contributed by atoms with E-state index in [0.29, 0.717) is 22.3 Å². The number of aryl methyl sites for hydroxylation is 1. The van der Waals surface area contributed by atoms with E-state index in [1.165, 1.54) is 4.57 Å². The number of ether oxygens (including phenoxy) is 2. The monoisotopic (exact) mass is 519 g/mol. The van der Waals surface area contributed by atoms with Crippen LogP contribution in [0.15, 0.2) is 34.8 Å². The normalized spacial score (nSPS) is 12.9. The summed E-state index contributed by atoms with van der Waals surface area (Å²) in [4.78, 5) is 27.2. The highest BCUT2D eigenvalue weighted by molar-refractivity contribution is 7.07. The number of carbonyl (C=O) groups excluding carboxylic acids is 1. The van der Waals surface area contributed by atoms with Gasteiger partial charge in [-0.25, -0.2) is 0 Å². The first kappa shape index (κ1) is 27.6. The van der Waals surface area contributed by atoms with Crippen molar-refractivity contribution in [3.05, 3.63) is 55.1 Å². The van der Waals surface area contributed by atoms with Gasteiger partial charge in [-0.3, -0.25) is 19.1 Å². The molecule has 9 nitrogen and oxygen atoms in total. The van der Waals surface area contributed by atoms with Crippen molar-refractivity contribution in [2.75, 3.05) is 51.3 Å². The van der Waals surface area contributed by atoms with Crippen LogP contribution >= 0.6 is 11.3 Å². The van der Waals surface area contributed by atoms with Gasteiger partial charge in [-0.2, -0.15) is 5.26 Å². The van der Waals surface area contributed by atoms with E-state index in [1.54, 1.807) is 19.2 Å². The second kappa shape index (κ2) is 13.9. The van der Waals surface area contributed by atoms with E-state index in [0.717, 1.165) is 61.2 Å². The average Bonchev–Trinajstić information content (AvgIpc) is 3.21. The number of thiazole rings is 1. The van der Waals surface area contributed by atoms with Crippen LogP contribution in [0.5, 0.6) is 5.75 Å². The molecule has 0 aliphatic carbocycles. The molecular weight excluding hydrogens is 490 g/mol. The van der Waals surface area contributed by atoms with Crippen molar-refractivity contribution in [2.45, 2.75) is 20.4 Å². The summed E-state index contributed by atoms with van der Waals surface area (Å²) in [5.74, 6) is 2.41. The molecular formula is C27H29N5O4S. The lowest BCUT2D eigenvalue weighted by atomic mass is 10.2. The molecule has 1 amide bonds. The number of benzene rings is 1. The third kappa shape index (κ3) is 7.73. The van der Waals surface area contributed by atoms with Gasteiger partial charge in [-0.1, -0.05) is 34.8 Å². The summed E-state index contributed by atoms with van der Waals surface area (Å²) >= 11 is 1.09. The zero-order valence-corrected chi connectivity index (χ0v) is 21.7. The lowest BCUT2D eigenvalue weighted by Crippen LogP contribution is -2.38. The smallest absolute Gasteiger partial charge is 0.277 e. The third-order valence-corrected chi connectivity index (χ3v) is 6.53. The Morgan fingerprint density at radius 1 is 1.35 bits per heavy atom. The number of aromatic nitrogens is 1. The van der Waals surface area contributed by atoms with Gasteiger partial charge in [0.25, 0.3) is 11.5 Å². The van der Waals surface area contributed by atoms with Crippen LogP contribution in [0.2, 0.25) is 0 Å². The van der Waals surface area contributed by atoms with E-state index in [9.17, 15) is 14.9 Å². The van der Waals surface area contributed by atoms with Gasteiger partial charge >= 0.3 is 0 Å². The molecule has 0 bridgehead atoms. The number of rotatable bonds is 9. The maximum absolute atomic E-state index is 12.8. The topological polar surface area (TPSA) is 109 Å². The molecule has 1 aliphatic rings. The van der Waals surface area contributed by atoms with Gasteiger partial charge in [0.2, 0.25) is 0 Å². The molecule has 0 atom stereocenters. The minimum Gasteiger partial charge on any atom is -0.492 e. The summed E-state index contributed by atoms with van der Waals surface area (Å²) in [5.41, 5.74) is 6.97. The molecule has 0 saturated carbocycles. The van der Waals surface area contributed by atoms with Crippen molar-refractivity contribution in [2.24, 2.45) is 0 Å². The van der Waals surface area contributed by atoms with Crippen LogP contribution in [0, 0.1) is 30.6 Å². The molecule has 1 aromatic carbocycles. The predicted molar refractivity (Wildman–Crippen MR) is 143 cm³/mol. The quantitative estimate of drug-likeness (QED) is 0.283. The maximum atomic E-state index is 12.8. The molecule has 2 aromatic rings. The Balaban J connectivity index is 1.81. The van der Waals surface area contributed by atoms with Gasteiger partial charge in [0, 0.05) is 44.1 Å². The van der Waals surface area contributed by atoms with Crippen LogP contribution in [-0.2, 0) is 16.1 Å². The molecule has 37 heavy (non-hydrogen) atoms. The van der Waals surface area contributed by atoms with Gasteiger partial charge in [-0.15, -0.1) is 6.42 Å². The molecule has 1 aromatic heterocycles. The van der Waals surface area contributed by atoms with E-state index in [4.69, 9.17) is 15.9 Å². The first-order valence-electron chi connectivity index (χ1n) is 11.8. The van der Waals surface area contributed by atoms with Crippen molar-refractivity contribution in [1.29, 1.82) is 5.26 Å². The lowest BCUT2D eigenvalue weighted by Gasteiger charge is -2.26. The van der Waals surface area contributed by atoms with E-state index in [-0.39, 0.29) is 17.7 Å². The summed E-state index contributed by atoms with van der Waals surface area (Å²) in [7, 11) is 0. The second-order valence-corrected chi connectivity index (χ2v) is 9.00. The molecule has 1 aliphatic heterocycles. The number of nitrogens with one attached hydrogen (secondary N) is 2. The minimum absolute atomic E-state index is 0.0101. The molecule has 192 valence electrons. The molecule has 2 heterocycles. The molecule has 10 heteroatoms. The van der Waals surface area contributed by atoms with Crippen molar-refractivity contribution in [3.8, 4) is 24.2 Å². The maximum Gasteiger partial charge on any atom is 0.277 e. The fourth-order valence-corrected chi connectivity index (χ4v) is 4.47. The van der Waals surface area contributed by atoms with Crippen molar-refractivity contribution < 1.29 is 14.3 Å². The standard InChI is InChI=1S/C27H29N5O4S/c1-4-9-30-26(33)21(19-28)17-25-32(5-2)27(34)24(37-25)8-10-29-22-7-6-20(3)23(18-22)36-16-13-31-11-14-35-15-12-31/h1,6-7,10,18,29H,5,9,11-16H2,2-3H3,(H,30,33). The molecule has 0 spiro atoms. The highest BCUT2D eigenvalue weighted by Gasteiger charge is 2.11. The van der Waals surface area contributed by atoms with Crippen LogP contribution < -0.4 is 30.1 Å². The molecule has 0 radical (unpaired) electrons. The summed E-state index contributed by atoms with van der Waals surface area (Å²) < 4.78 is 13.5. The van der Waals surface area contributed by atoms with Crippen molar-refractivity contribution >= 4 is 34.4 Å². The van der Waals surface area contributed by atoms with Crippen LogP contribution in [0.1, 0.15) is 12.5 Å². The van der Waals surface area contributed by atoms with E-state index in [2.05, 4.69) is 32.9 Å². The Bertz CT molecular complexity index is 1460. The Morgan fingerprint density at radius 3 is 2.84 bits per heavy atom. The van der Waals surface area contributed by atoms with Crippen molar-refractivity contribution in [1.82, 2.24) is 14.8 Å². The fraction of sp³-hybridized carbons (Fsp3) is 0.370. The van der Waals surface area contributed by atoms with Gasteiger partial charge < -0.3 is 20.1 Å². The number of anilines is 1. The molecule has 0 unspecified atom stereocenters. The van der Waals surface area contributed by atoms with Gasteiger partial charge in [-0.05, 0) is 25.5 Å². The number of morpholine rings is 1. The van der Waals surface area contributed by atoms with Crippen molar-refractivity contribution in [3.63, 3.8) is 0 Å². The summed E-state index contributed by atoms with van der Waals surface area (Å²) in [5, 5.41) is 14.9. The van der Waals surface area contributed by atoms with Gasteiger partial charge in [0.15, 0.2) is 5.57 Å². The van der Waals surface area contributed by atoms with Crippen LogP contribution in [0.25, 0.3) is 11.5 Å². The Hall–Kier alpha value is -4.01. The minimum atomic E-state index is -0.644. The number of nitriles is 1. The Kier molecular flexibility index (Phi) is 10.4. The number of hydrogen-bond donors (Lipinski definition) is 2. The van der Waals surface area contributed by atoms with E-state index >= 15 is 0 Å². The number of terminal acetylenes is 1. The Morgan fingerprint density at radius 2 is 2.14 bits per heavy atom. The molecule has 1 saturated heterocycles. The van der Waals surface area contributed by atoms with Crippen LogP contribution in [0.3, 0.4) is 0 Å². The highest BCUT2D eigenvalue weighted by Crippen LogP contribution is 2.22. The Labute approximate surface area is 219 Å². The highest BCUT2D eigenvalue weighted by atomic mass is 32.1. The van der Waals surface area contributed by atoms with E-state index < -0.39 is 5.91 Å². The number of nitrogens with zero attached hydrogens (tertiary/aromatic N) is 3. The molecule has 2 N–H and O–H groups in total. The summed E-state index contributed by atoms with van der Waals surface area (Å²) in [6.07, 6.45) is 6.69. The lowest BCUT2D eigenvalue weighted by molar-refractivity contribution is -0.116. The average molecular weight is 520 g/mol. The summed E-state index contributed by atoms with van der Waals surface area (Å²) in [6.45, 7) is 8.88. The zero-order valence-electron chi connectivity index (χ0n) is 20.9. The number of carbonyl (C=O) groups is 1. The summed E-state index contributed by atoms with van der Waals surface area (Å²) in [6, 6.07) is 7.58. The first-order chi connectivity index (χ1) is 18.0. The SMILES string of the molecule is C#CCNC(=O)C(=C=c1sc(=C=CNc2ccc(C)c(OCCN3CCOCC3)c2)c(=O)n1CC)C#N. The fourth-order valence-electron chi connectivity index (χ4n) is 3.48. The molecule has 1 fully saturated rings. The second-order valence-electron chi connectivity index (χ2n) is 8.00. The number of hydrogen-bond acceptors (Lipinski definition) is 8. The third-order valence-electron chi connectivity index (χ3n) is 5.52. The number of amides is 1. The van der Waals surface area contributed by atoms with Crippen LogP contribution in [-0.4, -0.2) is 61.4 Å². The van der Waals surface area contributed by atoms with E-state index in [1.807, 2.05) is 25.1 Å². The molecule has 3 rings (SSSR count). The van der Waals surface area contributed by atoms with Crippen LogP contribution in [0.4, 0.5) is 5.69 Å². The van der Waals surface area contributed by atoms with Gasteiger partial charge in [0.1, 0.15) is 27.6 Å². The first-order valence-corrected chi connectivity index (χ1v) is 12.7. The predicted octanol–water partition coefficient (Wildman–Crippen LogP) is 0.533. The largest absolute Gasteiger partial charge is 0.492 e. The zero-order chi connectivity index (χ0) is 26.6.